The Kier molecular flexibility index (Phi) is 3.01. The van der Waals surface area contributed by atoms with Crippen molar-refractivity contribution in [2.45, 2.75) is 12.5 Å². The van der Waals surface area contributed by atoms with Crippen LogP contribution in [0.4, 0.5) is 0 Å². The zero-order valence-electron chi connectivity index (χ0n) is 7.03. The number of hydrogen-bond donors (Lipinski definition) is 3. The maximum Gasteiger partial charge on any atom is 0.162 e. The molecule has 0 spiro atoms. The van der Waals surface area contributed by atoms with Gasteiger partial charge in [0.25, 0.3) is 0 Å². The van der Waals surface area contributed by atoms with Gasteiger partial charge < -0.3 is 15.5 Å². The molecule has 0 radical (unpaired) electrons. The van der Waals surface area contributed by atoms with Gasteiger partial charge in [-0.3, -0.25) is 0 Å². The second-order valence-electron chi connectivity index (χ2n) is 3.01. The van der Waals surface area contributed by atoms with Crippen LogP contribution >= 0.6 is 12.4 Å². The summed E-state index contributed by atoms with van der Waals surface area (Å²) in [5.41, 5.74) is 0.793. The molecule has 3 nitrogen and oxygen atoms in total. The summed E-state index contributed by atoms with van der Waals surface area (Å²) in [6, 6.07) is 5.27. The highest BCUT2D eigenvalue weighted by molar-refractivity contribution is 5.85. The molecule has 1 aromatic rings. The SMILES string of the molecule is Cl.Oc1cccc([C@@H]2CCN2)c1O. The Labute approximate surface area is 82.8 Å². The summed E-state index contributed by atoms with van der Waals surface area (Å²) in [5, 5.41) is 21.8. The quantitative estimate of drug-likeness (QED) is 0.605. The van der Waals surface area contributed by atoms with Crippen molar-refractivity contribution in [2.75, 3.05) is 6.54 Å². The van der Waals surface area contributed by atoms with Crippen molar-refractivity contribution in [1.29, 1.82) is 0 Å². The van der Waals surface area contributed by atoms with Crippen molar-refractivity contribution < 1.29 is 10.2 Å². The van der Waals surface area contributed by atoms with Crippen LogP contribution in [0, 0.1) is 0 Å². The Morgan fingerprint density at radius 1 is 1.31 bits per heavy atom. The Bertz CT molecular complexity index is 300. The van der Waals surface area contributed by atoms with Crippen molar-refractivity contribution in [3.63, 3.8) is 0 Å². The first-order valence-corrected chi connectivity index (χ1v) is 4.03. The monoisotopic (exact) mass is 201 g/mol. The number of phenols is 2. The topological polar surface area (TPSA) is 52.5 Å². The van der Waals surface area contributed by atoms with Crippen LogP contribution in [0.1, 0.15) is 18.0 Å². The van der Waals surface area contributed by atoms with E-state index in [1.807, 2.05) is 6.07 Å². The molecule has 0 aromatic heterocycles. The number of para-hydroxylation sites is 1. The highest BCUT2D eigenvalue weighted by Gasteiger charge is 2.22. The second-order valence-corrected chi connectivity index (χ2v) is 3.01. The molecule has 0 amide bonds. The first-order valence-electron chi connectivity index (χ1n) is 4.03. The molecule has 1 heterocycles. The highest BCUT2D eigenvalue weighted by atomic mass is 35.5. The Morgan fingerprint density at radius 2 is 2.00 bits per heavy atom. The Morgan fingerprint density at radius 3 is 2.54 bits per heavy atom. The van der Waals surface area contributed by atoms with E-state index in [2.05, 4.69) is 5.32 Å². The third-order valence-corrected chi connectivity index (χ3v) is 2.25. The molecule has 72 valence electrons. The molecule has 0 aliphatic carbocycles. The zero-order chi connectivity index (χ0) is 8.55. The summed E-state index contributed by atoms with van der Waals surface area (Å²) < 4.78 is 0. The lowest BCUT2D eigenvalue weighted by Crippen LogP contribution is -2.34. The largest absolute Gasteiger partial charge is 0.504 e. The minimum absolute atomic E-state index is 0. The van der Waals surface area contributed by atoms with E-state index in [0.717, 1.165) is 18.5 Å². The van der Waals surface area contributed by atoms with Gasteiger partial charge in [-0.05, 0) is 19.0 Å². The fraction of sp³-hybridized carbons (Fsp3) is 0.333. The molecule has 1 aliphatic rings. The van der Waals surface area contributed by atoms with E-state index in [1.54, 1.807) is 6.07 Å². The lowest BCUT2D eigenvalue weighted by Gasteiger charge is -2.28. The Hall–Kier alpha value is -0.930. The van der Waals surface area contributed by atoms with Gasteiger partial charge in [0.1, 0.15) is 0 Å². The maximum atomic E-state index is 9.44. The number of aromatic hydroxyl groups is 2. The van der Waals surface area contributed by atoms with Crippen LogP contribution in [0.5, 0.6) is 11.5 Å². The van der Waals surface area contributed by atoms with E-state index in [9.17, 15) is 10.2 Å². The maximum absolute atomic E-state index is 9.44. The summed E-state index contributed by atoms with van der Waals surface area (Å²) in [6.07, 6.45) is 1.02. The lowest BCUT2D eigenvalue weighted by atomic mass is 9.97. The van der Waals surface area contributed by atoms with Crippen LogP contribution in [0.2, 0.25) is 0 Å². The molecule has 0 unspecified atom stereocenters. The number of benzene rings is 1. The van der Waals surface area contributed by atoms with Gasteiger partial charge in [0.2, 0.25) is 0 Å². The first kappa shape index (κ1) is 10.2. The number of rotatable bonds is 1. The number of hydrogen-bond acceptors (Lipinski definition) is 3. The minimum atomic E-state index is -0.0406. The van der Waals surface area contributed by atoms with Crippen molar-refractivity contribution in [2.24, 2.45) is 0 Å². The third kappa shape index (κ3) is 1.71. The summed E-state index contributed by atoms with van der Waals surface area (Å²) in [5.74, 6) is -0.0316. The fourth-order valence-corrected chi connectivity index (χ4v) is 1.38. The normalized spacial score (nSPS) is 20.2. The highest BCUT2D eigenvalue weighted by Crippen LogP contribution is 2.35. The molecule has 1 aliphatic heterocycles. The average Bonchev–Trinajstić information content (AvgIpc) is 1.95. The van der Waals surface area contributed by atoms with Crippen LogP contribution in [-0.4, -0.2) is 16.8 Å². The van der Waals surface area contributed by atoms with Crippen molar-refractivity contribution in [3.8, 4) is 11.5 Å². The van der Waals surface area contributed by atoms with E-state index in [0.29, 0.717) is 0 Å². The van der Waals surface area contributed by atoms with E-state index in [1.165, 1.54) is 6.07 Å². The lowest BCUT2D eigenvalue weighted by molar-refractivity contribution is 0.350. The zero-order valence-corrected chi connectivity index (χ0v) is 7.84. The van der Waals surface area contributed by atoms with Crippen LogP contribution in [-0.2, 0) is 0 Å². The summed E-state index contributed by atoms with van der Waals surface area (Å²) >= 11 is 0. The van der Waals surface area contributed by atoms with E-state index in [-0.39, 0.29) is 29.9 Å². The predicted molar refractivity (Wildman–Crippen MR) is 52.4 cm³/mol. The van der Waals surface area contributed by atoms with Gasteiger partial charge in [-0.15, -0.1) is 12.4 Å². The molecule has 4 heteroatoms. The van der Waals surface area contributed by atoms with Gasteiger partial charge in [-0.25, -0.2) is 0 Å². The van der Waals surface area contributed by atoms with E-state index >= 15 is 0 Å². The predicted octanol–water partition coefficient (Wildman–Crippen LogP) is 1.55. The third-order valence-electron chi connectivity index (χ3n) is 2.25. The van der Waals surface area contributed by atoms with Gasteiger partial charge in [-0.1, -0.05) is 12.1 Å². The first-order chi connectivity index (χ1) is 5.79. The van der Waals surface area contributed by atoms with Crippen LogP contribution < -0.4 is 5.32 Å². The van der Waals surface area contributed by atoms with Crippen LogP contribution in [0.25, 0.3) is 0 Å². The molecule has 3 N–H and O–H groups in total. The van der Waals surface area contributed by atoms with Crippen molar-refractivity contribution >= 4 is 12.4 Å². The van der Waals surface area contributed by atoms with E-state index < -0.39 is 0 Å². The molecule has 2 rings (SSSR count). The molecule has 1 saturated heterocycles. The summed E-state index contributed by atoms with van der Waals surface area (Å²) in [6.45, 7) is 0.986. The standard InChI is InChI=1S/C9H11NO2.ClH/c11-8-3-1-2-6(9(8)12)7-4-5-10-7;/h1-3,7,10-12H,4-5H2;1H/t7-;/m0./s1. The smallest absolute Gasteiger partial charge is 0.162 e. The molecular weight excluding hydrogens is 190 g/mol. The number of halogens is 1. The second kappa shape index (κ2) is 3.85. The van der Waals surface area contributed by atoms with Gasteiger partial charge in [0, 0.05) is 11.6 Å². The molecule has 1 atom stereocenters. The fourth-order valence-electron chi connectivity index (χ4n) is 1.38. The molecule has 0 saturated carbocycles. The number of nitrogens with one attached hydrogen (secondary N) is 1. The molecular formula is C9H12ClNO2. The Balaban J connectivity index is 0.000000845. The van der Waals surface area contributed by atoms with Gasteiger partial charge in [0.05, 0.1) is 0 Å². The van der Waals surface area contributed by atoms with Crippen molar-refractivity contribution in [3.05, 3.63) is 23.8 Å². The molecule has 13 heavy (non-hydrogen) atoms. The van der Waals surface area contributed by atoms with E-state index in [4.69, 9.17) is 0 Å². The van der Waals surface area contributed by atoms with Gasteiger partial charge >= 0.3 is 0 Å². The molecule has 0 bridgehead atoms. The van der Waals surface area contributed by atoms with Crippen LogP contribution in [0.3, 0.4) is 0 Å². The molecule has 1 aromatic carbocycles. The van der Waals surface area contributed by atoms with Gasteiger partial charge in [0.15, 0.2) is 11.5 Å². The van der Waals surface area contributed by atoms with Crippen LogP contribution in [0.15, 0.2) is 18.2 Å². The average molecular weight is 202 g/mol. The summed E-state index contributed by atoms with van der Waals surface area (Å²) in [7, 11) is 0. The summed E-state index contributed by atoms with van der Waals surface area (Å²) in [4.78, 5) is 0. The van der Waals surface area contributed by atoms with Gasteiger partial charge in [-0.2, -0.15) is 0 Å². The minimum Gasteiger partial charge on any atom is -0.504 e. The van der Waals surface area contributed by atoms with Crippen molar-refractivity contribution in [1.82, 2.24) is 5.32 Å². The number of phenolic OH excluding ortho intramolecular Hbond substituents is 2. The molecule has 1 fully saturated rings.